The van der Waals surface area contributed by atoms with Gasteiger partial charge in [0, 0.05) is 6.07 Å². The van der Waals surface area contributed by atoms with E-state index in [0.717, 1.165) is 13.0 Å². The number of hydrogen-bond donors (Lipinski definition) is 1. The van der Waals surface area contributed by atoms with E-state index in [1.165, 1.54) is 0 Å². The predicted octanol–water partition coefficient (Wildman–Crippen LogP) is 3.01. The summed E-state index contributed by atoms with van der Waals surface area (Å²) in [6.07, 6.45) is -4.71. The molecule has 6 heteroatoms. The van der Waals surface area contributed by atoms with Crippen LogP contribution in [-0.4, -0.2) is 17.5 Å². The minimum absolute atomic E-state index is 0.0505. The minimum atomic E-state index is -4.71. The number of carbonyl (C=O) groups excluding carboxylic acids is 1. The van der Waals surface area contributed by atoms with Gasteiger partial charge in [-0.15, -0.1) is 0 Å². The number of Topliss-reactive ketones (excluding diaryl/α,β-unsaturated/α-hetero) is 1. The lowest BCUT2D eigenvalue weighted by Gasteiger charge is -2.13. The number of benzene rings is 1. The molecule has 0 bridgehead atoms. The number of phenolic OH excluding ortho intramolecular Hbond substituents is 1. The summed E-state index contributed by atoms with van der Waals surface area (Å²) in [7, 11) is 0. The zero-order valence-corrected chi connectivity index (χ0v) is 9.26. The van der Waals surface area contributed by atoms with Gasteiger partial charge in [-0.25, -0.2) is 0 Å². The van der Waals surface area contributed by atoms with Crippen molar-refractivity contribution in [2.24, 2.45) is 0 Å². The third-order valence-corrected chi connectivity index (χ3v) is 2.08. The molecule has 0 fully saturated rings. The van der Waals surface area contributed by atoms with E-state index < -0.39 is 23.3 Å². The number of hydrogen-bond acceptors (Lipinski definition) is 3. The van der Waals surface area contributed by atoms with Crippen molar-refractivity contribution < 1.29 is 27.8 Å². The van der Waals surface area contributed by atoms with Gasteiger partial charge in [-0.1, -0.05) is 0 Å². The number of alkyl halides is 3. The minimum Gasteiger partial charge on any atom is -0.507 e. The molecule has 0 amide bonds. The van der Waals surface area contributed by atoms with Gasteiger partial charge in [-0.2, -0.15) is 13.2 Å². The molecule has 0 spiro atoms. The quantitative estimate of drug-likeness (QED) is 0.836. The number of phenols is 1. The van der Waals surface area contributed by atoms with Gasteiger partial charge in [0.25, 0.3) is 0 Å². The highest BCUT2D eigenvalue weighted by atomic mass is 19.4. The van der Waals surface area contributed by atoms with Crippen LogP contribution in [0.5, 0.6) is 11.5 Å². The Labute approximate surface area is 95.8 Å². The van der Waals surface area contributed by atoms with E-state index >= 15 is 0 Å². The van der Waals surface area contributed by atoms with Crippen LogP contribution in [0, 0.1) is 0 Å². The summed E-state index contributed by atoms with van der Waals surface area (Å²) in [5.41, 5.74) is -1.44. The summed E-state index contributed by atoms with van der Waals surface area (Å²) in [6, 6.07) is 1.41. The molecule has 3 nitrogen and oxygen atoms in total. The lowest BCUT2D eigenvalue weighted by molar-refractivity contribution is -0.138. The van der Waals surface area contributed by atoms with Crippen molar-refractivity contribution in [2.75, 3.05) is 6.61 Å². The fourth-order valence-corrected chi connectivity index (χ4v) is 1.35. The van der Waals surface area contributed by atoms with E-state index in [2.05, 4.69) is 0 Å². The van der Waals surface area contributed by atoms with Gasteiger partial charge in [-0.05, 0) is 19.9 Å². The van der Waals surface area contributed by atoms with Crippen molar-refractivity contribution >= 4 is 5.78 Å². The van der Waals surface area contributed by atoms with E-state index in [-0.39, 0.29) is 17.9 Å². The Hall–Kier alpha value is -1.72. The maximum absolute atomic E-state index is 12.5. The molecule has 0 aromatic heterocycles. The van der Waals surface area contributed by atoms with Gasteiger partial charge < -0.3 is 9.84 Å². The number of ether oxygens (including phenoxy) is 1. The summed E-state index contributed by atoms with van der Waals surface area (Å²) in [6.45, 7) is 2.94. The average molecular weight is 248 g/mol. The van der Waals surface area contributed by atoms with Crippen molar-refractivity contribution in [1.82, 2.24) is 0 Å². The molecule has 1 rings (SSSR count). The van der Waals surface area contributed by atoms with Crippen LogP contribution in [0.4, 0.5) is 13.2 Å². The second-order valence-electron chi connectivity index (χ2n) is 3.35. The molecule has 0 aliphatic carbocycles. The molecule has 1 aromatic rings. The van der Waals surface area contributed by atoms with Crippen LogP contribution < -0.4 is 4.74 Å². The summed E-state index contributed by atoms with van der Waals surface area (Å²) in [5.74, 6) is -1.56. The molecule has 0 heterocycles. The summed E-state index contributed by atoms with van der Waals surface area (Å²) < 4.78 is 42.5. The Balaban J connectivity index is 3.40. The standard InChI is InChI=1S/C11H11F3O3/c1-3-17-10-5-9(16)8(11(12,13)14)4-7(10)6(2)15/h4-5,16H,3H2,1-2H3. The zero-order chi connectivity index (χ0) is 13.2. The molecule has 1 N–H and O–H groups in total. The van der Waals surface area contributed by atoms with Crippen LogP contribution in [0.15, 0.2) is 12.1 Å². The predicted molar refractivity (Wildman–Crippen MR) is 54.3 cm³/mol. The molecule has 0 saturated heterocycles. The fraction of sp³-hybridized carbons (Fsp3) is 0.364. The van der Waals surface area contributed by atoms with Crippen molar-refractivity contribution in [3.63, 3.8) is 0 Å². The average Bonchev–Trinajstić information content (AvgIpc) is 2.15. The highest BCUT2D eigenvalue weighted by Gasteiger charge is 2.35. The van der Waals surface area contributed by atoms with Gasteiger partial charge in [0.1, 0.15) is 11.5 Å². The van der Waals surface area contributed by atoms with Crippen LogP contribution in [-0.2, 0) is 6.18 Å². The summed E-state index contributed by atoms with van der Waals surface area (Å²) >= 11 is 0. The molecule has 0 aliphatic heterocycles. The highest BCUT2D eigenvalue weighted by Crippen LogP contribution is 2.39. The zero-order valence-electron chi connectivity index (χ0n) is 9.26. The normalized spacial score (nSPS) is 11.4. The first kappa shape index (κ1) is 13.3. The number of carbonyl (C=O) groups is 1. The second-order valence-corrected chi connectivity index (χ2v) is 3.35. The summed E-state index contributed by atoms with van der Waals surface area (Å²) in [5, 5.41) is 9.25. The van der Waals surface area contributed by atoms with Gasteiger partial charge in [-0.3, -0.25) is 4.79 Å². The second kappa shape index (κ2) is 4.65. The van der Waals surface area contributed by atoms with Crippen LogP contribution in [0.25, 0.3) is 0 Å². The Morgan fingerprint density at radius 3 is 2.41 bits per heavy atom. The molecular weight excluding hydrogens is 237 g/mol. The Bertz CT molecular complexity index is 438. The van der Waals surface area contributed by atoms with E-state index in [0.29, 0.717) is 6.07 Å². The van der Waals surface area contributed by atoms with Gasteiger partial charge in [0.2, 0.25) is 0 Å². The molecule has 0 atom stereocenters. The van der Waals surface area contributed by atoms with E-state index in [4.69, 9.17) is 4.74 Å². The number of rotatable bonds is 3. The molecule has 17 heavy (non-hydrogen) atoms. The smallest absolute Gasteiger partial charge is 0.419 e. The van der Waals surface area contributed by atoms with Gasteiger partial charge in [0.05, 0.1) is 17.7 Å². The van der Waals surface area contributed by atoms with Crippen molar-refractivity contribution in [3.05, 3.63) is 23.3 Å². The Morgan fingerprint density at radius 1 is 1.41 bits per heavy atom. The molecule has 0 aliphatic rings. The third kappa shape index (κ3) is 2.89. The molecule has 0 unspecified atom stereocenters. The van der Waals surface area contributed by atoms with Crippen LogP contribution in [0.3, 0.4) is 0 Å². The van der Waals surface area contributed by atoms with Crippen LogP contribution in [0.2, 0.25) is 0 Å². The van der Waals surface area contributed by atoms with Crippen molar-refractivity contribution in [3.8, 4) is 11.5 Å². The first-order valence-electron chi connectivity index (χ1n) is 4.85. The van der Waals surface area contributed by atoms with Crippen LogP contribution in [0.1, 0.15) is 29.8 Å². The fourth-order valence-electron chi connectivity index (χ4n) is 1.35. The van der Waals surface area contributed by atoms with Crippen molar-refractivity contribution in [2.45, 2.75) is 20.0 Å². The first-order valence-corrected chi connectivity index (χ1v) is 4.85. The molecule has 0 saturated carbocycles. The lowest BCUT2D eigenvalue weighted by Crippen LogP contribution is -2.09. The van der Waals surface area contributed by atoms with Crippen molar-refractivity contribution in [1.29, 1.82) is 0 Å². The first-order chi connectivity index (χ1) is 7.77. The van der Waals surface area contributed by atoms with E-state index in [1.807, 2.05) is 0 Å². The maximum atomic E-state index is 12.5. The highest BCUT2D eigenvalue weighted by molar-refractivity contribution is 5.97. The van der Waals surface area contributed by atoms with Crippen LogP contribution >= 0.6 is 0 Å². The van der Waals surface area contributed by atoms with E-state index in [1.54, 1.807) is 6.92 Å². The number of aromatic hydroxyl groups is 1. The maximum Gasteiger partial charge on any atom is 0.419 e. The largest absolute Gasteiger partial charge is 0.507 e. The Morgan fingerprint density at radius 2 is 2.00 bits per heavy atom. The Kier molecular flexibility index (Phi) is 3.65. The summed E-state index contributed by atoms with van der Waals surface area (Å²) in [4.78, 5) is 11.2. The SMILES string of the molecule is CCOc1cc(O)c(C(F)(F)F)cc1C(C)=O. The number of halogens is 3. The third-order valence-electron chi connectivity index (χ3n) is 2.08. The molecular formula is C11H11F3O3. The molecule has 1 aromatic carbocycles. The molecule has 0 radical (unpaired) electrons. The monoisotopic (exact) mass is 248 g/mol. The van der Waals surface area contributed by atoms with Gasteiger partial charge >= 0.3 is 6.18 Å². The molecule has 94 valence electrons. The van der Waals surface area contributed by atoms with E-state index in [9.17, 15) is 23.1 Å². The number of ketones is 1. The lowest BCUT2D eigenvalue weighted by atomic mass is 10.1. The topological polar surface area (TPSA) is 46.5 Å². The van der Waals surface area contributed by atoms with Gasteiger partial charge in [0.15, 0.2) is 5.78 Å².